The van der Waals surface area contributed by atoms with Gasteiger partial charge >= 0.3 is 5.69 Å². The summed E-state index contributed by atoms with van der Waals surface area (Å²) in [6, 6.07) is 6.14. The molecule has 2 aromatic rings. The Morgan fingerprint density at radius 1 is 1.21 bits per heavy atom. The van der Waals surface area contributed by atoms with E-state index < -0.39 is 4.92 Å². The molecule has 1 aliphatic rings. The Morgan fingerprint density at radius 2 is 1.93 bits per heavy atom. The second kappa shape index (κ2) is 8.92. The van der Waals surface area contributed by atoms with Gasteiger partial charge in [0.1, 0.15) is 11.5 Å². The van der Waals surface area contributed by atoms with Crippen LogP contribution in [0.4, 0.5) is 21.8 Å². The molecule has 0 radical (unpaired) electrons. The van der Waals surface area contributed by atoms with E-state index in [-0.39, 0.29) is 29.8 Å². The summed E-state index contributed by atoms with van der Waals surface area (Å²) in [5.41, 5.74) is 12.4. The van der Waals surface area contributed by atoms with E-state index in [9.17, 15) is 14.5 Å². The fraction of sp³-hybridized carbons (Fsp3) is 0.474. The first-order valence-corrected chi connectivity index (χ1v) is 9.45. The van der Waals surface area contributed by atoms with Gasteiger partial charge in [-0.05, 0) is 68.2 Å². The number of halogens is 1. The predicted octanol–water partition coefficient (Wildman–Crippen LogP) is 3.03. The van der Waals surface area contributed by atoms with Gasteiger partial charge < -0.3 is 16.8 Å². The van der Waals surface area contributed by atoms with Gasteiger partial charge in [0, 0.05) is 6.54 Å². The first-order chi connectivity index (χ1) is 13.5. The van der Waals surface area contributed by atoms with Crippen LogP contribution in [0, 0.1) is 27.8 Å². The van der Waals surface area contributed by atoms with Crippen LogP contribution in [0.25, 0.3) is 0 Å². The minimum absolute atomic E-state index is 0.160. The van der Waals surface area contributed by atoms with Crippen molar-refractivity contribution >= 4 is 17.5 Å². The third-order valence-corrected chi connectivity index (χ3v) is 5.29. The van der Waals surface area contributed by atoms with Crippen molar-refractivity contribution in [3.8, 4) is 0 Å². The zero-order valence-electron chi connectivity index (χ0n) is 15.6. The zero-order chi connectivity index (χ0) is 20.1. The average molecular weight is 388 g/mol. The molecule has 1 fully saturated rings. The van der Waals surface area contributed by atoms with Crippen LogP contribution in [0.1, 0.15) is 36.9 Å². The molecule has 3 rings (SSSR count). The standard InChI is InChI=1S/C19H25FN6O2/c20-15-3-1-2-14(8-15)11-23-19-24-16(17(26(27)28)18(22)25-19)9-12-4-6-13(10-21)7-5-12/h1-3,8,12-13H,4-7,9-11,21H2,(H3,22,23,24,25). The van der Waals surface area contributed by atoms with Gasteiger partial charge in [0.2, 0.25) is 11.8 Å². The Balaban J connectivity index is 1.76. The minimum atomic E-state index is -0.521. The molecule has 0 unspecified atom stereocenters. The monoisotopic (exact) mass is 388 g/mol. The Labute approximate surface area is 162 Å². The molecule has 150 valence electrons. The normalized spacial score (nSPS) is 19.4. The van der Waals surface area contributed by atoms with Crippen molar-refractivity contribution in [3.05, 3.63) is 51.5 Å². The molecule has 0 aliphatic heterocycles. The van der Waals surface area contributed by atoms with Crippen molar-refractivity contribution in [1.82, 2.24) is 9.97 Å². The highest BCUT2D eigenvalue weighted by Gasteiger charge is 2.27. The Morgan fingerprint density at radius 3 is 2.57 bits per heavy atom. The number of nitrogen functional groups attached to an aromatic ring is 1. The van der Waals surface area contributed by atoms with E-state index in [0.29, 0.717) is 36.1 Å². The fourth-order valence-corrected chi connectivity index (χ4v) is 3.71. The number of benzene rings is 1. The molecule has 0 saturated heterocycles. The van der Waals surface area contributed by atoms with Gasteiger partial charge in [0.25, 0.3) is 0 Å². The minimum Gasteiger partial charge on any atom is -0.378 e. The molecular weight excluding hydrogens is 363 g/mol. The van der Waals surface area contributed by atoms with Crippen LogP contribution in [0.15, 0.2) is 24.3 Å². The quantitative estimate of drug-likeness (QED) is 0.490. The first kappa shape index (κ1) is 19.9. The Bertz CT molecular complexity index is 839. The molecule has 9 heteroatoms. The molecule has 0 atom stereocenters. The highest BCUT2D eigenvalue weighted by molar-refractivity contribution is 5.58. The number of aromatic nitrogens is 2. The number of nitrogens with one attached hydrogen (secondary N) is 1. The molecule has 5 N–H and O–H groups in total. The lowest BCUT2D eigenvalue weighted by molar-refractivity contribution is -0.385. The molecule has 0 spiro atoms. The first-order valence-electron chi connectivity index (χ1n) is 9.45. The van der Waals surface area contributed by atoms with Crippen LogP contribution in [-0.2, 0) is 13.0 Å². The number of nitrogens with two attached hydrogens (primary N) is 2. The van der Waals surface area contributed by atoms with E-state index in [2.05, 4.69) is 15.3 Å². The van der Waals surface area contributed by atoms with Gasteiger partial charge in [-0.2, -0.15) is 4.98 Å². The molecule has 1 aliphatic carbocycles. The van der Waals surface area contributed by atoms with Gasteiger partial charge in [-0.1, -0.05) is 12.1 Å². The maximum absolute atomic E-state index is 13.3. The SMILES string of the molecule is NCC1CCC(Cc2nc(NCc3cccc(F)c3)nc(N)c2[N+](=O)[O-])CC1. The van der Waals surface area contributed by atoms with Crippen molar-refractivity contribution in [2.75, 3.05) is 17.6 Å². The zero-order valence-corrected chi connectivity index (χ0v) is 15.6. The molecule has 28 heavy (non-hydrogen) atoms. The molecule has 1 saturated carbocycles. The highest BCUT2D eigenvalue weighted by atomic mass is 19.1. The van der Waals surface area contributed by atoms with Gasteiger partial charge in [0.05, 0.1) is 4.92 Å². The summed E-state index contributed by atoms with van der Waals surface area (Å²) < 4.78 is 13.3. The molecule has 0 amide bonds. The van der Waals surface area contributed by atoms with Crippen LogP contribution in [0.2, 0.25) is 0 Å². The van der Waals surface area contributed by atoms with Crippen LogP contribution < -0.4 is 16.8 Å². The van der Waals surface area contributed by atoms with Crippen molar-refractivity contribution in [2.24, 2.45) is 17.6 Å². The smallest absolute Gasteiger partial charge is 0.332 e. The lowest BCUT2D eigenvalue weighted by atomic mass is 9.80. The lowest BCUT2D eigenvalue weighted by Gasteiger charge is -2.27. The maximum atomic E-state index is 13.3. The van der Waals surface area contributed by atoms with Gasteiger partial charge in [-0.25, -0.2) is 9.37 Å². The van der Waals surface area contributed by atoms with Crippen molar-refractivity contribution in [2.45, 2.75) is 38.6 Å². The topological polar surface area (TPSA) is 133 Å². The van der Waals surface area contributed by atoms with Gasteiger partial charge in [-0.15, -0.1) is 0 Å². The summed E-state index contributed by atoms with van der Waals surface area (Å²) in [5, 5.41) is 14.5. The van der Waals surface area contributed by atoms with Gasteiger partial charge in [0.15, 0.2) is 0 Å². The fourth-order valence-electron chi connectivity index (χ4n) is 3.71. The summed E-state index contributed by atoms with van der Waals surface area (Å²) in [4.78, 5) is 19.3. The molecule has 1 aromatic carbocycles. The summed E-state index contributed by atoms with van der Waals surface area (Å²) in [6.07, 6.45) is 4.47. The molecule has 0 bridgehead atoms. The van der Waals surface area contributed by atoms with E-state index in [1.165, 1.54) is 12.1 Å². The molecule has 1 heterocycles. The predicted molar refractivity (Wildman–Crippen MR) is 105 cm³/mol. The number of hydrogen-bond acceptors (Lipinski definition) is 7. The van der Waals surface area contributed by atoms with E-state index in [4.69, 9.17) is 11.5 Å². The summed E-state index contributed by atoms with van der Waals surface area (Å²) in [6.45, 7) is 0.970. The second-order valence-electron chi connectivity index (χ2n) is 7.29. The van der Waals surface area contributed by atoms with Crippen LogP contribution in [0.3, 0.4) is 0 Å². The maximum Gasteiger partial charge on any atom is 0.332 e. The molecular formula is C19H25FN6O2. The number of nitrogens with zero attached hydrogens (tertiary/aromatic N) is 3. The van der Waals surface area contributed by atoms with Crippen LogP contribution in [0.5, 0.6) is 0 Å². The number of nitro groups is 1. The molecule has 8 nitrogen and oxygen atoms in total. The van der Waals surface area contributed by atoms with E-state index in [1.807, 2.05) is 0 Å². The Kier molecular flexibility index (Phi) is 6.35. The summed E-state index contributed by atoms with van der Waals surface area (Å²) in [5.74, 6) is 0.555. The Hall–Kier alpha value is -2.81. The van der Waals surface area contributed by atoms with Crippen LogP contribution >= 0.6 is 0 Å². The molecule has 1 aromatic heterocycles. The summed E-state index contributed by atoms with van der Waals surface area (Å²) in [7, 11) is 0. The third-order valence-electron chi connectivity index (χ3n) is 5.29. The van der Waals surface area contributed by atoms with Crippen LogP contribution in [-0.4, -0.2) is 21.4 Å². The van der Waals surface area contributed by atoms with Crippen molar-refractivity contribution in [3.63, 3.8) is 0 Å². The van der Waals surface area contributed by atoms with Crippen molar-refractivity contribution in [1.29, 1.82) is 0 Å². The highest BCUT2D eigenvalue weighted by Crippen LogP contribution is 2.34. The number of rotatable bonds is 7. The van der Waals surface area contributed by atoms with Gasteiger partial charge in [-0.3, -0.25) is 10.1 Å². The second-order valence-corrected chi connectivity index (χ2v) is 7.29. The lowest BCUT2D eigenvalue weighted by Crippen LogP contribution is -2.23. The van der Waals surface area contributed by atoms with E-state index >= 15 is 0 Å². The average Bonchev–Trinajstić information content (AvgIpc) is 2.66. The third kappa shape index (κ3) is 4.92. The van der Waals surface area contributed by atoms with E-state index in [0.717, 1.165) is 25.7 Å². The number of hydrogen-bond donors (Lipinski definition) is 3. The van der Waals surface area contributed by atoms with E-state index in [1.54, 1.807) is 12.1 Å². The largest absolute Gasteiger partial charge is 0.378 e. The van der Waals surface area contributed by atoms with Crippen molar-refractivity contribution < 1.29 is 9.31 Å². The number of anilines is 2. The summed E-state index contributed by atoms with van der Waals surface area (Å²) >= 11 is 0.